The summed E-state index contributed by atoms with van der Waals surface area (Å²) in [6.07, 6.45) is 2.94. The minimum atomic E-state index is -0.263. The highest BCUT2D eigenvalue weighted by molar-refractivity contribution is 5.94. The fraction of sp³-hybridized carbons (Fsp3) is 0.364. The van der Waals surface area contributed by atoms with Crippen LogP contribution in [0.25, 0.3) is 0 Å². The van der Waals surface area contributed by atoms with Gasteiger partial charge in [-0.1, -0.05) is 12.1 Å². The molecule has 2 aliphatic rings. The monoisotopic (exact) mass is 380 g/mol. The molecule has 0 saturated heterocycles. The lowest BCUT2D eigenvalue weighted by Gasteiger charge is -2.18. The molecular weight excluding hydrogens is 356 g/mol. The van der Waals surface area contributed by atoms with E-state index in [1.54, 1.807) is 6.07 Å². The number of aryl methyl sites for hydroxylation is 1. The van der Waals surface area contributed by atoms with Gasteiger partial charge in [-0.05, 0) is 56.5 Å². The molecule has 0 aromatic heterocycles. The second-order valence-corrected chi connectivity index (χ2v) is 7.89. The van der Waals surface area contributed by atoms with Crippen LogP contribution in [0.15, 0.2) is 36.4 Å². The summed E-state index contributed by atoms with van der Waals surface area (Å²) in [4.78, 5) is 24.0. The molecule has 0 radical (unpaired) electrons. The first-order valence-corrected chi connectivity index (χ1v) is 9.56. The van der Waals surface area contributed by atoms with Crippen LogP contribution in [0.5, 0.6) is 11.5 Å². The summed E-state index contributed by atoms with van der Waals surface area (Å²) in [6, 6.07) is 11.3. The van der Waals surface area contributed by atoms with Gasteiger partial charge in [0.1, 0.15) is 5.60 Å². The Hall–Kier alpha value is -3.02. The van der Waals surface area contributed by atoms with Crippen LogP contribution in [-0.4, -0.2) is 24.0 Å². The molecule has 6 nitrogen and oxygen atoms in total. The number of rotatable bonds is 4. The zero-order chi connectivity index (χ0) is 19.7. The summed E-state index contributed by atoms with van der Waals surface area (Å²) in [6.45, 7) is 3.96. The van der Waals surface area contributed by atoms with Crippen molar-refractivity contribution >= 4 is 23.2 Å². The number of benzene rings is 2. The largest absolute Gasteiger partial charge is 0.483 e. The number of carbonyl (C=O) groups is 2. The summed E-state index contributed by atoms with van der Waals surface area (Å²) < 4.78 is 11.7. The average Bonchev–Trinajstić information content (AvgIpc) is 2.84. The van der Waals surface area contributed by atoms with Crippen LogP contribution in [0.3, 0.4) is 0 Å². The number of fused-ring (bicyclic) bond motifs is 2. The standard InChI is InChI=1S/C22H24N2O4/c1-22(2)12-15-6-3-7-18(21(15)28-22)27-13-20(26)23-16-9-10-17-14(11-16)5-4-8-19(25)24-17/h3,6-7,9-11H,4-5,8,12-13H2,1-2H3,(H,23,26)(H,24,25). The van der Waals surface area contributed by atoms with Crippen molar-refractivity contribution in [1.82, 2.24) is 0 Å². The van der Waals surface area contributed by atoms with Crippen molar-refractivity contribution in [3.8, 4) is 11.5 Å². The maximum Gasteiger partial charge on any atom is 0.262 e. The molecule has 0 atom stereocenters. The number of carbonyl (C=O) groups excluding carboxylic acids is 2. The van der Waals surface area contributed by atoms with E-state index in [9.17, 15) is 9.59 Å². The van der Waals surface area contributed by atoms with Crippen molar-refractivity contribution in [2.75, 3.05) is 17.2 Å². The van der Waals surface area contributed by atoms with Gasteiger partial charge in [-0.15, -0.1) is 0 Å². The van der Waals surface area contributed by atoms with Crippen LogP contribution in [0, 0.1) is 0 Å². The lowest BCUT2D eigenvalue weighted by atomic mass is 10.0. The molecule has 0 spiro atoms. The van der Waals surface area contributed by atoms with Gasteiger partial charge in [-0.25, -0.2) is 0 Å². The van der Waals surface area contributed by atoms with Crippen molar-refractivity contribution < 1.29 is 19.1 Å². The first-order valence-electron chi connectivity index (χ1n) is 9.56. The van der Waals surface area contributed by atoms with Crippen molar-refractivity contribution in [3.05, 3.63) is 47.5 Å². The molecule has 2 aromatic carbocycles. The van der Waals surface area contributed by atoms with Gasteiger partial charge >= 0.3 is 0 Å². The Kier molecular flexibility index (Phi) is 4.71. The first-order chi connectivity index (χ1) is 13.4. The van der Waals surface area contributed by atoms with Crippen LogP contribution < -0.4 is 20.1 Å². The van der Waals surface area contributed by atoms with Crippen LogP contribution in [0.1, 0.15) is 37.8 Å². The van der Waals surface area contributed by atoms with E-state index in [1.807, 2.05) is 44.2 Å². The highest BCUT2D eigenvalue weighted by Crippen LogP contribution is 2.41. The molecule has 2 amide bonds. The fourth-order valence-corrected chi connectivity index (χ4v) is 3.69. The summed E-state index contributed by atoms with van der Waals surface area (Å²) in [5, 5.41) is 5.75. The van der Waals surface area contributed by atoms with Crippen molar-refractivity contribution in [2.24, 2.45) is 0 Å². The molecule has 6 heteroatoms. The molecule has 2 N–H and O–H groups in total. The van der Waals surface area contributed by atoms with Gasteiger partial charge in [0, 0.05) is 29.8 Å². The predicted octanol–water partition coefficient (Wildman–Crippen LogP) is 3.69. The molecule has 0 unspecified atom stereocenters. The Bertz CT molecular complexity index is 936. The Morgan fingerprint density at radius 2 is 2.07 bits per heavy atom. The number of hydrogen-bond donors (Lipinski definition) is 2. The number of anilines is 2. The lowest BCUT2D eigenvalue weighted by molar-refractivity contribution is -0.118. The molecule has 0 aliphatic carbocycles. The van der Waals surface area contributed by atoms with Crippen LogP contribution in [-0.2, 0) is 22.4 Å². The Morgan fingerprint density at radius 3 is 2.93 bits per heavy atom. The zero-order valence-electron chi connectivity index (χ0n) is 16.1. The van der Waals surface area contributed by atoms with Crippen molar-refractivity contribution in [2.45, 2.75) is 45.1 Å². The summed E-state index contributed by atoms with van der Waals surface area (Å²) in [7, 11) is 0. The topological polar surface area (TPSA) is 76.7 Å². The van der Waals surface area contributed by atoms with Crippen LogP contribution in [0.4, 0.5) is 11.4 Å². The van der Waals surface area contributed by atoms with Crippen LogP contribution in [0.2, 0.25) is 0 Å². The van der Waals surface area contributed by atoms with E-state index in [2.05, 4.69) is 10.6 Å². The zero-order valence-corrected chi connectivity index (χ0v) is 16.1. The van der Waals surface area contributed by atoms with Gasteiger partial charge in [-0.2, -0.15) is 0 Å². The molecule has 4 rings (SSSR count). The minimum absolute atomic E-state index is 0.0322. The number of hydrogen-bond acceptors (Lipinski definition) is 4. The molecule has 0 bridgehead atoms. The van der Waals surface area contributed by atoms with Gasteiger partial charge in [0.25, 0.3) is 5.91 Å². The average molecular weight is 380 g/mol. The van der Waals surface area contributed by atoms with Crippen molar-refractivity contribution in [3.63, 3.8) is 0 Å². The third-order valence-corrected chi connectivity index (χ3v) is 4.93. The van der Waals surface area contributed by atoms with Gasteiger partial charge in [0.05, 0.1) is 0 Å². The van der Waals surface area contributed by atoms with Gasteiger partial charge < -0.3 is 20.1 Å². The second kappa shape index (κ2) is 7.19. The van der Waals surface area contributed by atoms with E-state index in [1.165, 1.54) is 0 Å². The molecular formula is C22H24N2O4. The normalized spacial score (nSPS) is 16.9. The summed E-state index contributed by atoms with van der Waals surface area (Å²) >= 11 is 0. The molecule has 28 heavy (non-hydrogen) atoms. The van der Waals surface area contributed by atoms with E-state index in [0.717, 1.165) is 41.8 Å². The molecule has 2 heterocycles. The fourth-order valence-electron chi connectivity index (χ4n) is 3.69. The molecule has 2 aromatic rings. The molecule has 0 saturated carbocycles. The molecule has 0 fully saturated rings. The van der Waals surface area contributed by atoms with Crippen LogP contribution >= 0.6 is 0 Å². The Labute approximate surface area is 164 Å². The maximum absolute atomic E-state index is 12.4. The third kappa shape index (κ3) is 3.96. The first kappa shape index (κ1) is 18.3. The summed E-state index contributed by atoms with van der Waals surface area (Å²) in [5.74, 6) is 1.10. The Balaban J connectivity index is 1.39. The minimum Gasteiger partial charge on any atom is -0.483 e. The van der Waals surface area contributed by atoms with E-state index in [4.69, 9.17) is 9.47 Å². The number of amides is 2. The number of ether oxygens (including phenoxy) is 2. The highest BCUT2D eigenvalue weighted by atomic mass is 16.5. The van der Waals surface area contributed by atoms with Gasteiger partial charge in [0.2, 0.25) is 5.91 Å². The quantitative estimate of drug-likeness (QED) is 0.848. The third-order valence-electron chi connectivity index (χ3n) is 4.93. The summed E-state index contributed by atoms with van der Waals surface area (Å²) in [5.41, 5.74) is 3.37. The van der Waals surface area contributed by atoms with Gasteiger partial charge in [-0.3, -0.25) is 9.59 Å². The van der Waals surface area contributed by atoms with E-state index < -0.39 is 0 Å². The van der Waals surface area contributed by atoms with Crippen molar-refractivity contribution in [1.29, 1.82) is 0 Å². The number of nitrogens with one attached hydrogen (secondary N) is 2. The predicted molar refractivity (Wildman–Crippen MR) is 107 cm³/mol. The van der Waals surface area contributed by atoms with Gasteiger partial charge in [0.15, 0.2) is 18.1 Å². The molecule has 2 aliphatic heterocycles. The SMILES string of the molecule is CC1(C)Cc2cccc(OCC(=O)Nc3ccc4c(c3)CCCC(=O)N4)c2O1. The second-order valence-electron chi connectivity index (χ2n) is 7.89. The molecule has 146 valence electrons. The highest BCUT2D eigenvalue weighted by Gasteiger charge is 2.32. The maximum atomic E-state index is 12.4. The Morgan fingerprint density at radius 1 is 1.21 bits per heavy atom. The van der Waals surface area contributed by atoms with E-state index >= 15 is 0 Å². The van der Waals surface area contributed by atoms with E-state index in [0.29, 0.717) is 17.9 Å². The van der Waals surface area contributed by atoms with E-state index in [-0.39, 0.29) is 24.0 Å². The smallest absolute Gasteiger partial charge is 0.262 e. The number of para-hydroxylation sites is 1. The lowest BCUT2D eigenvalue weighted by Crippen LogP contribution is -2.25.